The zero-order valence-electron chi connectivity index (χ0n) is 11.4. The number of nitrogens with one attached hydrogen (secondary N) is 1. The fourth-order valence-electron chi connectivity index (χ4n) is 1.62. The molecule has 0 radical (unpaired) electrons. The van der Waals surface area contributed by atoms with Crippen molar-refractivity contribution >= 4 is 15.8 Å². The predicted octanol–water partition coefficient (Wildman–Crippen LogP) is 1.53. The summed E-state index contributed by atoms with van der Waals surface area (Å²) in [6.07, 6.45) is 1.45. The van der Waals surface area contributed by atoms with Crippen molar-refractivity contribution in [2.75, 3.05) is 11.3 Å². The maximum atomic E-state index is 12.2. The number of aliphatic hydroxyl groups is 1. The number of nitrogens with zero attached hydrogens (tertiary/aromatic N) is 1. The van der Waals surface area contributed by atoms with Crippen LogP contribution in [0.1, 0.15) is 11.1 Å². The number of hydrogen-bond donors (Lipinski definition) is 2. The van der Waals surface area contributed by atoms with E-state index in [0.717, 1.165) is 5.56 Å². The molecule has 1 aromatic heterocycles. The number of pyridine rings is 1. The molecule has 0 unspecified atom stereocenters. The minimum Gasteiger partial charge on any atom is -0.384 e. The summed E-state index contributed by atoms with van der Waals surface area (Å²) >= 11 is 0. The van der Waals surface area contributed by atoms with E-state index in [1.54, 1.807) is 18.2 Å². The molecule has 0 saturated heterocycles. The highest BCUT2D eigenvalue weighted by Crippen LogP contribution is 2.15. The summed E-state index contributed by atoms with van der Waals surface area (Å²) in [4.78, 5) is 4.12. The quantitative estimate of drug-likeness (QED) is 0.843. The molecule has 2 aromatic rings. The number of benzene rings is 1. The van der Waals surface area contributed by atoms with Crippen molar-refractivity contribution in [3.05, 3.63) is 53.7 Å². The number of sulfonamides is 1. The van der Waals surface area contributed by atoms with Crippen LogP contribution in [-0.2, 0) is 10.0 Å². The summed E-state index contributed by atoms with van der Waals surface area (Å²) in [5.41, 5.74) is 1.55. The van der Waals surface area contributed by atoms with Crippen LogP contribution in [0.25, 0.3) is 0 Å². The molecule has 0 aliphatic rings. The van der Waals surface area contributed by atoms with Crippen molar-refractivity contribution in [2.45, 2.75) is 11.8 Å². The van der Waals surface area contributed by atoms with Crippen LogP contribution in [0.2, 0.25) is 0 Å². The largest absolute Gasteiger partial charge is 0.384 e. The summed E-state index contributed by atoms with van der Waals surface area (Å²) < 4.78 is 26.8. The summed E-state index contributed by atoms with van der Waals surface area (Å²) in [6, 6.07) is 9.66. The van der Waals surface area contributed by atoms with Crippen LogP contribution >= 0.6 is 0 Å². The Kier molecular flexibility index (Phi) is 4.58. The van der Waals surface area contributed by atoms with Gasteiger partial charge in [0.25, 0.3) is 10.0 Å². The lowest BCUT2D eigenvalue weighted by molar-refractivity contribution is 0.350. The summed E-state index contributed by atoms with van der Waals surface area (Å²) in [7, 11) is -3.68. The number of aryl methyl sites for hydroxylation is 1. The molecule has 0 aliphatic carbocycles. The van der Waals surface area contributed by atoms with Crippen LogP contribution in [-0.4, -0.2) is 25.1 Å². The standard InChI is InChI=1S/C15H14N2O3S/c1-12-4-6-14(7-5-12)21(19,20)17-15-11-13(3-2-10-18)8-9-16-15/h4-9,11,18H,10H2,1H3,(H,16,17). The molecule has 0 saturated carbocycles. The van der Waals surface area contributed by atoms with E-state index in [0.29, 0.717) is 5.56 Å². The molecule has 1 heterocycles. The monoisotopic (exact) mass is 302 g/mol. The highest BCUT2D eigenvalue weighted by molar-refractivity contribution is 7.92. The van der Waals surface area contributed by atoms with E-state index in [4.69, 9.17) is 5.11 Å². The van der Waals surface area contributed by atoms with E-state index in [1.807, 2.05) is 6.92 Å². The number of hydrogen-bond acceptors (Lipinski definition) is 4. The molecule has 108 valence electrons. The number of aromatic nitrogens is 1. The first-order valence-electron chi connectivity index (χ1n) is 6.16. The fraction of sp³-hybridized carbons (Fsp3) is 0.133. The Morgan fingerprint density at radius 2 is 1.95 bits per heavy atom. The first kappa shape index (κ1) is 15.0. The Morgan fingerprint density at radius 1 is 1.24 bits per heavy atom. The minimum absolute atomic E-state index is 0.168. The molecular weight excluding hydrogens is 288 g/mol. The van der Waals surface area contributed by atoms with Gasteiger partial charge in [0.15, 0.2) is 0 Å². The molecule has 0 spiro atoms. The smallest absolute Gasteiger partial charge is 0.263 e. The average Bonchev–Trinajstić information content (AvgIpc) is 2.45. The topological polar surface area (TPSA) is 79.3 Å². The molecule has 0 atom stereocenters. The van der Waals surface area contributed by atoms with Gasteiger partial charge in [0.05, 0.1) is 4.90 Å². The molecule has 0 aliphatic heterocycles. The van der Waals surface area contributed by atoms with Crippen LogP contribution < -0.4 is 4.72 Å². The van der Waals surface area contributed by atoms with Gasteiger partial charge < -0.3 is 5.11 Å². The minimum atomic E-state index is -3.68. The predicted molar refractivity (Wildman–Crippen MR) is 80.2 cm³/mol. The van der Waals surface area contributed by atoms with Gasteiger partial charge in [-0.1, -0.05) is 29.5 Å². The van der Waals surface area contributed by atoms with E-state index >= 15 is 0 Å². The van der Waals surface area contributed by atoms with Gasteiger partial charge in [-0.2, -0.15) is 0 Å². The Labute approximate surface area is 123 Å². The van der Waals surface area contributed by atoms with E-state index in [1.165, 1.54) is 24.4 Å². The van der Waals surface area contributed by atoms with Gasteiger partial charge in [0, 0.05) is 11.8 Å². The van der Waals surface area contributed by atoms with Crippen molar-refractivity contribution in [1.82, 2.24) is 4.98 Å². The Hall–Kier alpha value is -2.36. The molecule has 2 rings (SSSR count). The third-order valence-corrected chi connectivity index (χ3v) is 4.01. The number of anilines is 1. The van der Waals surface area contributed by atoms with Crippen LogP contribution in [0, 0.1) is 18.8 Å². The maximum Gasteiger partial charge on any atom is 0.263 e. The fourth-order valence-corrected chi connectivity index (χ4v) is 2.62. The number of aliphatic hydroxyl groups excluding tert-OH is 1. The second kappa shape index (κ2) is 6.39. The van der Waals surface area contributed by atoms with Crippen molar-refractivity contribution in [1.29, 1.82) is 0 Å². The summed E-state index contributed by atoms with van der Waals surface area (Å²) in [5, 5.41) is 8.65. The van der Waals surface area contributed by atoms with Crippen LogP contribution in [0.15, 0.2) is 47.5 Å². The molecule has 0 fully saturated rings. The zero-order valence-corrected chi connectivity index (χ0v) is 12.2. The molecule has 6 heteroatoms. The summed E-state index contributed by atoms with van der Waals surface area (Å²) in [6.45, 7) is 1.63. The first-order chi connectivity index (χ1) is 10.0. The highest BCUT2D eigenvalue weighted by Gasteiger charge is 2.14. The van der Waals surface area contributed by atoms with Crippen LogP contribution in [0.3, 0.4) is 0 Å². The molecular formula is C15H14N2O3S. The van der Waals surface area contributed by atoms with Gasteiger partial charge in [-0.15, -0.1) is 0 Å². The first-order valence-corrected chi connectivity index (χ1v) is 7.65. The van der Waals surface area contributed by atoms with Crippen molar-refractivity contribution in [3.8, 4) is 11.8 Å². The van der Waals surface area contributed by atoms with Gasteiger partial charge in [-0.3, -0.25) is 4.72 Å². The molecule has 21 heavy (non-hydrogen) atoms. The van der Waals surface area contributed by atoms with Gasteiger partial charge in [0.1, 0.15) is 12.4 Å². The van der Waals surface area contributed by atoms with E-state index in [-0.39, 0.29) is 17.3 Å². The molecule has 1 aromatic carbocycles. The van der Waals surface area contributed by atoms with E-state index in [9.17, 15) is 8.42 Å². The third kappa shape index (κ3) is 4.05. The Morgan fingerprint density at radius 3 is 2.62 bits per heavy atom. The Bertz CT molecular complexity index is 788. The van der Waals surface area contributed by atoms with Gasteiger partial charge >= 0.3 is 0 Å². The zero-order chi connectivity index (χ0) is 15.3. The average molecular weight is 302 g/mol. The van der Waals surface area contributed by atoms with Gasteiger partial charge in [-0.05, 0) is 31.2 Å². The third-order valence-electron chi connectivity index (χ3n) is 2.64. The van der Waals surface area contributed by atoms with E-state index in [2.05, 4.69) is 21.5 Å². The lowest BCUT2D eigenvalue weighted by Gasteiger charge is -2.07. The maximum absolute atomic E-state index is 12.2. The Balaban J connectivity index is 2.26. The van der Waals surface area contributed by atoms with Crippen molar-refractivity contribution in [2.24, 2.45) is 0 Å². The van der Waals surface area contributed by atoms with Crippen LogP contribution in [0.5, 0.6) is 0 Å². The molecule has 5 nitrogen and oxygen atoms in total. The second-order valence-electron chi connectivity index (χ2n) is 4.31. The normalized spacial score (nSPS) is 10.6. The van der Waals surface area contributed by atoms with Gasteiger partial charge in [-0.25, -0.2) is 13.4 Å². The lowest BCUT2D eigenvalue weighted by atomic mass is 10.2. The van der Waals surface area contributed by atoms with Crippen molar-refractivity contribution < 1.29 is 13.5 Å². The molecule has 0 amide bonds. The van der Waals surface area contributed by atoms with Crippen molar-refractivity contribution in [3.63, 3.8) is 0 Å². The number of rotatable bonds is 3. The molecule has 0 bridgehead atoms. The highest BCUT2D eigenvalue weighted by atomic mass is 32.2. The lowest BCUT2D eigenvalue weighted by Crippen LogP contribution is -2.13. The van der Waals surface area contributed by atoms with Gasteiger partial charge in [0.2, 0.25) is 0 Å². The molecule has 2 N–H and O–H groups in total. The van der Waals surface area contributed by atoms with E-state index < -0.39 is 10.0 Å². The SMILES string of the molecule is Cc1ccc(S(=O)(=O)Nc2cc(C#CCO)ccn2)cc1. The summed E-state index contributed by atoms with van der Waals surface area (Å²) in [5.74, 6) is 5.37. The van der Waals surface area contributed by atoms with Crippen LogP contribution in [0.4, 0.5) is 5.82 Å². The second-order valence-corrected chi connectivity index (χ2v) is 5.99.